The number of nitrogens with one attached hydrogen (secondary N) is 2. The minimum Gasteiger partial charge on any atom is -0.354 e. The monoisotopic (exact) mass is 780 g/mol. The Bertz CT molecular complexity index is 3220. The maximum atomic E-state index is 13.7. The van der Waals surface area contributed by atoms with E-state index in [1.165, 1.54) is 0 Å². The molecule has 0 amide bonds. The van der Waals surface area contributed by atoms with Crippen molar-refractivity contribution in [3.05, 3.63) is 201 Å². The first-order chi connectivity index (χ1) is 29.2. The topological polar surface area (TPSA) is 105 Å². The highest BCUT2D eigenvalue weighted by molar-refractivity contribution is 6.04. The van der Waals surface area contributed by atoms with Crippen LogP contribution in [0.2, 0.25) is 0 Å². The van der Waals surface area contributed by atoms with Crippen LogP contribution >= 0.6 is 0 Å². The van der Waals surface area contributed by atoms with Crippen LogP contribution < -0.4 is 0 Å². The lowest BCUT2D eigenvalue weighted by molar-refractivity contribution is -0.374. The minimum absolute atomic E-state index is 0.0924. The summed E-state index contributed by atoms with van der Waals surface area (Å²) in [5.41, 5.74) is 17.1. The van der Waals surface area contributed by atoms with E-state index in [2.05, 4.69) is 115 Å². The first-order valence-corrected chi connectivity index (χ1v) is 20.0. The summed E-state index contributed by atoms with van der Waals surface area (Å²) in [7, 11) is 0. The van der Waals surface area contributed by atoms with Crippen molar-refractivity contribution in [1.29, 1.82) is 0 Å². The Labute approximate surface area is 347 Å². The highest BCUT2D eigenvalue weighted by atomic mass is 16.6. The number of hydrogen-bond donors (Lipinski definition) is 2. The Morgan fingerprint density at radius 3 is 1.20 bits per heavy atom. The van der Waals surface area contributed by atoms with Crippen molar-refractivity contribution in [2.75, 3.05) is 0 Å². The van der Waals surface area contributed by atoms with Crippen LogP contribution in [0.25, 0.3) is 90.1 Å². The predicted molar refractivity (Wildman–Crippen MR) is 244 cm³/mol. The van der Waals surface area contributed by atoms with Gasteiger partial charge in [-0.05, 0) is 98.5 Å². The maximum absolute atomic E-state index is 13.7. The largest absolute Gasteiger partial charge is 0.354 e. The number of nitro groups is 1. The molecule has 60 heavy (non-hydrogen) atoms. The molecule has 2 aliphatic heterocycles. The van der Waals surface area contributed by atoms with Crippen molar-refractivity contribution in [3.63, 3.8) is 0 Å². The van der Waals surface area contributed by atoms with Crippen LogP contribution in [0.15, 0.2) is 146 Å². The van der Waals surface area contributed by atoms with Gasteiger partial charge in [-0.15, -0.1) is 0 Å². The zero-order valence-corrected chi connectivity index (χ0v) is 33.6. The lowest BCUT2D eigenvalue weighted by Crippen LogP contribution is -2.04. The number of aryl methyl sites for hydroxylation is 4. The summed E-state index contributed by atoms with van der Waals surface area (Å²) >= 11 is 0. The Morgan fingerprint density at radius 2 is 0.817 bits per heavy atom. The molecule has 8 nitrogen and oxygen atoms in total. The zero-order chi connectivity index (χ0) is 41.1. The van der Waals surface area contributed by atoms with E-state index in [0.29, 0.717) is 22.5 Å². The maximum Gasteiger partial charge on any atom is 0.321 e. The fourth-order valence-corrected chi connectivity index (χ4v) is 8.31. The highest BCUT2D eigenvalue weighted by Crippen LogP contribution is 2.44. The molecule has 2 N–H and O–H groups in total. The van der Waals surface area contributed by atoms with E-state index >= 15 is 0 Å². The fraction of sp³-hybridized carbons (Fsp3) is 0.0769. The summed E-state index contributed by atoms with van der Waals surface area (Å²) < 4.78 is 1.81. The summed E-state index contributed by atoms with van der Waals surface area (Å²) in [6, 6.07) is 45.2. The molecule has 10 rings (SSSR count). The summed E-state index contributed by atoms with van der Waals surface area (Å²) in [6.45, 7) is 8.24. The van der Waals surface area contributed by atoms with Gasteiger partial charge in [-0.2, -0.15) is 0 Å². The van der Waals surface area contributed by atoms with Crippen molar-refractivity contribution < 1.29 is 4.92 Å². The van der Waals surface area contributed by atoms with Crippen LogP contribution in [-0.2, 0) is 0 Å². The van der Waals surface area contributed by atoms with E-state index in [4.69, 9.17) is 9.97 Å². The molecule has 0 radical (unpaired) electrons. The van der Waals surface area contributed by atoms with E-state index < -0.39 is 0 Å². The SMILES string of the molecule is Cc1ccc(-c2c3nc(c(-c4ccc(C)cc4)c4ccc([nH]4)c(-c4ccc(C)cc4)c4nc(c(-c5ccc(C)cc5)c5ccc2[nH]5)C(n2cccc2)=C4[N+](=O)[O-])C=C3)cc1. The first kappa shape index (κ1) is 36.5. The molecule has 0 aliphatic carbocycles. The normalized spacial score (nSPS) is 12.3. The Balaban J connectivity index is 1.47. The Morgan fingerprint density at radius 1 is 0.467 bits per heavy atom. The second-order valence-electron chi connectivity index (χ2n) is 15.6. The van der Waals surface area contributed by atoms with Crippen molar-refractivity contribution in [2.24, 2.45) is 0 Å². The second-order valence-corrected chi connectivity index (χ2v) is 15.6. The minimum atomic E-state index is -0.289. The van der Waals surface area contributed by atoms with Gasteiger partial charge in [-0.3, -0.25) is 10.1 Å². The molecule has 0 unspecified atom stereocenters. The molecule has 4 aromatic carbocycles. The van der Waals surface area contributed by atoms with Crippen LogP contribution in [0.5, 0.6) is 0 Å². The molecule has 4 aromatic heterocycles. The van der Waals surface area contributed by atoms with Gasteiger partial charge in [-0.1, -0.05) is 119 Å². The average Bonchev–Trinajstić information content (AvgIpc) is 4.11. The molecular weight excluding hydrogens is 741 g/mol. The molecule has 0 saturated carbocycles. The number of aromatic amines is 2. The van der Waals surface area contributed by atoms with Crippen molar-refractivity contribution in [1.82, 2.24) is 24.5 Å². The van der Waals surface area contributed by atoms with Crippen LogP contribution in [0.1, 0.15) is 45.0 Å². The molecular formula is C52H40N6O2. The molecule has 0 atom stereocenters. The van der Waals surface area contributed by atoms with Crippen molar-refractivity contribution >= 4 is 45.6 Å². The van der Waals surface area contributed by atoms with Gasteiger partial charge in [0.05, 0.1) is 16.3 Å². The van der Waals surface area contributed by atoms with Gasteiger partial charge in [0.2, 0.25) is 0 Å². The van der Waals surface area contributed by atoms with Gasteiger partial charge < -0.3 is 14.5 Å². The number of aromatic nitrogens is 5. The molecule has 2 aliphatic rings. The summed E-state index contributed by atoms with van der Waals surface area (Å²) in [4.78, 5) is 31.8. The highest BCUT2D eigenvalue weighted by Gasteiger charge is 2.36. The van der Waals surface area contributed by atoms with E-state index in [1.807, 2.05) is 85.4 Å². The van der Waals surface area contributed by atoms with E-state index in [0.717, 1.165) is 89.1 Å². The molecule has 8 bridgehead atoms. The standard InChI is InChI=1S/C52H40N6O2/c1-31-7-15-35(16-8-31)45-39-23-24-40(53-39)46(36-17-9-32(2)10-18-36)42-26-28-44(55-42)48(38-21-13-34(4)14-22-38)50-52(58(59)60)51(57-29-5-6-30-57)49(56-50)47(43-27-25-41(45)54-43)37-19-11-33(3)12-20-37/h5-30,54-55H,1-4H3. The van der Waals surface area contributed by atoms with Crippen LogP contribution in [0.4, 0.5) is 0 Å². The van der Waals surface area contributed by atoms with Crippen molar-refractivity contribution in [3.8, 4) is 44.5 Å². The van der Waals surface area contributed by atoms with Gasteiger partial charge in [0, 0.05) is 56.7 Å². The Kier molecular flexibility index (Phi) is 8.83. The smallest absolute Gasteiger partial charge is 0.321 e. The van der Waals surface area contributed by atoms with Gasteiger partial charge in [0.25, 0.3) is 0 Å². The molecule has 0 spiro atoms. The quantitative estimate of drug-likeness (QED) is 0.129. The number of rotatable bonds is 6. The number of nitrogens with zero attached hydrogens (tertiary/aromatic N) is 4. The summed E-state index contributed by atoms with van der Waals surface area (Å²) in [6.07, 6.45) is 7.85. The van der Waals surface area contributed by atoms with Crippen LogP contribution in [0.3, 0.4) is 0 Å². The molecule has 0 saturated heterocycles. The van der Waals surface area contributed by atoms with Crippen molar-refractivity contribution in [2.45, 2.75) is 27.7 Å². The molecule has 8 heteroatoms. The second kappa shape index (κ2) is 14.5. The van der Waals surface area contributed by atoms with E-state index in [1.54, 1.807) is 0 Å². The van der Waals surface area contributed by atoms with Gasteiger partial charge in [0.15, 0.2) is 11.4 Å². The van der Waals surface area contributed by atoms with E-state index in [-0.39, 0.29) is 16.3 Å². The third-order valence-corrected chi connectivity index (χ3v) is 11.4. The number of hydrogen-bond acceptors (Lipinski definition) is 4. The van der Waals surface area contributed by atoms with E-state index in [9.17, 15) is 10.1 Å². The summed E-state index contributed by atoms with van der Waals surface area (Å²) in [5.74, 6) is 0. The third kappa shape index (κ3) is 6.35. The molecule has 290 valence electrons. The number of fused-ring (bicyclic) bond motifs is 8. The lowest BCUT2D eigenvalue weighted by atomic mass is 9.99. The molecule has 6 heterocycles. The molecule has 8 aromatic rings. The first-order valence-electron chi connectivity index (χ1n) is 20.0. The van der Waals surface area contributed by atoms with Gasteiger partial charge >= 0.3 is 5.70 Å². The lowest BCUT2D eigenvalue weighted by Gasteiger charge is -2.10. The third-order valence-electron chi connectivity index (χ3n) is 11.4. The summed E-state index contributed by atoms with van der Waals surface area (Å²) in [5, 5.41) is 13.7. The van der Waals surface area contributed by atoms with Crippen LogP contribution in [0, 0.1) is 37.8 Å². The zero-order valence-electron chi connectivity index (χ0n) is 33.6. The van der Waals surface area contributed by atoms with Crippen LogP contribution in [-0.4, -0.2) is 29.4 Å². The fourth-order valence-electron chi connectivity index (χ4n) is 8.31. The number of benzene rings is 4. The molecule has 0 fully saturated rings. The van der Waals surface area contributed by atoms with Gasteiger partial charge in [-0.25, -0.2) is 9.97 Å². The number of H-pyrrole nitrogens is 2. The predicted octanol–water partition coefficient (Wildman–Crippen LogP) is 12.8. The Hall–Kier alpha value is -7.84. The van der Waals surface area contributed by atoms with Gasteiger partial charge in [0.1, 0.15) is 5.69 Å². The average molecular weight is 781 g/mol.